The van der Waals surface area contributed by atoms with Crippen molar-refractivity contribution in [3.63, 3.8) is 0 Å². The van der Waals surface area contributed by atoms with Crippen molar-refractivity contribution in [3.05, 3.63) is 59.4 Å². The summed E-state index contributed by atoms with van der Waals surface area (Å²) in [5, 5.41) is 13.2. The molecule has 2 aromatic carbocycles. The van der Waals surface area contributed by atoms with Crippen molar-refractivity contribution in [2.24, 2.45) is 0 Å². The molecule has 22 heavy (non-hydrogen) atoms. The van der Waals surface area contributed by atoms with Crippen molar-refractivity contribution < 1.29 is 14.2 Å². The molecule has 0 aromatic heterocycles. The minimum atomic E-state index is -0.867. The van der Waals surface area contributed by atoms with E-state index in [0.717, 1.165) is 16.2 Å². The molecule has 1 unspecified atom stereocenters. The van der Waals surface area contributed by atoms with Crippen LogP contribution in [0.3, 0.4) is 0 Å². The van der Waals surface area contributed by atoms with Gasteiger partial charge in [-0.2, -0.15) is 0 Å². The van der Waals surface area contributed by atoms with Crippen molar-refractivity contribution in [3.8, 4) is 5.75 Å². The summed E-state index contributed by atoms with van der Waals surface area (Å²) in [5.74, 6) is 0.448. The second-order valence-corrected chi connectivity index (χ2v) is 5.71. The molecule has 2 aromatic rings. The monoisotopic (exact) mass is 321 g/mol. The SMILES string of the molecule is COc1cc(CNCC(O)c2ccccc2F)ccc1SC. The van der Waals surface area contributed by atoms with Crippen LogP contribution in [0.5, 0.6) is 5.75 Å². The van der Waals surface area contributed by atoms with Gasteiger partial charge in [0.1, 0.15) is 11.6 Å². The first kappa shape index (κ1) is 16.8. The van der Waals surface area contributed by atoms with Gasteiger partial charge < -0.3 is 15.2 Å². The highest BCUT2D eigenvalue weighted by Gasteiger charge is 2.11. The molecule has 0 bridgehead atoms. The maximum atomic E-state index is 13.6. The van der Waals surface area contributed by atoms with E-state index in [1.54, 1.807) is 37.1 Å². The number of halogens is 1. The summed E-state index contributed by atoms with van der Waals surface area (Å²) in [6, 6.07) is 12.3. The number of benzene rings is 2. The summed E-state index contributed by atoms with van der Waals surface area (Å²) in [4.78, 5) is 1.08. The standard InChI is InChI=1S/C17H20FNO2S/c1-21-16-9-12(7-8-17(16)22-2)10-19-11-15(20)13-5-3-4-6-14(13)18/h3-9,15,19-20H,10-11H2,1-2H3. The zero-order valence-electron chi connectivity index (χ0n) is 12.7. The van der Waals surface area contributed by atoms with E-state index in [1.165, 1.54) is 6.07 Å². The number of hydrogen-bond acceptors (Lipinski definition) is 4. The molecule has 0 spiro atoms. The molecule has 0 heterocycles. The van der Waals surface area contributed by atoms with Crippen LogP contribution in [0.2, 0.25) is 0 Å². The van der Waals surface area contributed by atoms with Crippen molar-refractivity contribution in [2.75, 3.05) is 19.9 Å². The van der Waals surface area contributed by atoms with E-state index in [9.17, 15) is 9.50 Å². The summed E-state index contributed by atoms with van der Waals surface area (Å²) in [5.41, 5.74) is 1.36. The Hall–Kier alpha value is -1.56. The molecule has 3 nitrogen and oxygen atoms in total. The molecule has 1 atom stereocenters. The first-order valence-corrected chi connectivity index (χ1v) is 8.22. The summed E-state index contributed by atoms with van der Waals surface area (Å²) < 4.78 is 18.9. The number of rotatable bonds is 7. The Labute approximate surface area is 134 Å². The summed E-state index contributed by atoms with van der Waals surface area (Å²) in [6.07, 6.45) is 1.13. The number of ether oxygens (including phenoxy) is 1. The molecule has 0 aliphatic carbocycles. The van der Waals surface area contributed by atoms with E-state index < -0.39 is 6.10 Å². The lowest BCUT2D eigenvalue weighted by molar-refractivity contribution is 0.169. The fraction of sp³-hybridized carbons (Fsp3) is 0.294. The van der Waals surface area contributed by atoms with Crippen LogP contribution in [-0.4, -0.2) is 25.0 Å². The Kier molecular flexibility index (Phi) is 6.24. The largest absolute Gasteiger partial charge is 0.496 e. The van der Waals surface area contributed by atoms with Gasteiger partial charge >= 0.3 is 0 Å². The van der Waals surface area contributed by atoms with Crippen LogP contribution in [0.25, 0.3) is 0 Å². The van der Waals surface area contributed by atoms with E-state index in [-0.39, 0.29) is 12.4 Å². The molecule has 5 heteroatoms. The lowest BCUT2D eigenvalue weighted by atomic mass is 10.1. The summed E-state index contributed by atoms with van der Waals surface area (Å²) >= 11 is 1.63. The third-order valence-corrected chi connectivity index (χ3v) is 4.16. The van der Waals surface area contributed by atoms with Gasteiger partial charge in [-0.15, -0.1) is 11.8 Å². The Balaban J connectivity index is 1.92. The van der Waals surface area contributed by atoms with Crippen molar-refractivity contribution in [1.82, 2.24) is 5.32 Å². The van der Waals surface area contributed by atoms with Crippen LogP contribution in [0.4, 0.5) is 4.39 Å². The zero-order valence-corrected chi connectivity index (χ0v) is 13.5. The second kappa shape index (κ2) is 8.17. The Morgan fingerprint density at radius 1 is 1.27 bits per heavy atom. The fourth-order valence-corrected chi connectivity index (χ4v) is 2.75. The molecular formula is C17H20FNO2S. The fourth-order valence-electron chi connectivity index (χ4n) is 2.20. The predicted octanol–water partition coefficient (Wildman–Crippen LogP) is 3.38. The zero-order chi connectivity index (χ0) is 15.9. The molecule has 0 aliphatic heterocycles. The van der Waals surface area contributed by atoms with Crippen molar-refractivity contribution >= 4 is 11.8 Å². The topological polar surface area (TPSA) is 41.5 Å². The quantitative estimate of drug-likeness (QED) is 0.767. The molecular weight excluding hydrogens is 301 g/mol. The second-order valence-electron chi connectivity index (χ2n) is 4.86. The van der Waals surface area contributed by atoms with Gasteiger partial charge in [-0.1, -0.05) is 24.3 Å². The number of thioether (sulfide) groups is 1. The van der Waals surface area contributed by atoms with Crippen LogP contribution >= 0.6 is 11.8 Å². The third kappa shape index (κ3) is 4.22. The van der Waals surface area contributed by atoms with Gasteiger partial charge in [0.2, 0.25) is 0 Å². The number of aliphatic hydroxyl groups excluding tert-OH is 1. The average Bonchev–Trinajstić information content (AvgIpc) is 2.55. The summed E-state index contributed by atoms with van der Waals surface area (Å²) in [6.45, 7) is 0.865. The van der Waals surface area contributed by atoms with E-state index in [1.807, 2.05) is 24.5 Å². The normalized spacial score (nSPS) is 12.2. The van der Waals surface area contributed by atoms with Gasteiger partial charge in [0.25, 0.3) is 0 Å². The molecule has 0 aliphatic rings. The number of nitrogens with one attached hydrogen (secondary N) is 1. The lowest BCUT2D eigenvalue weighted by Crippen LogP contribution is -2.21. The highest BCUT2D eigenvalue weighted by atomic mass is 32.2. The lowest BCUT2D eigenvalue weighted by Gasteiger charge is -2.14. The maximum Gasteiger partial charge on any atom is 0.132 e. The Morgan fingerprint density at radius 2 is 2.05 bits per heavy atom. The highest BCUT2D eigenvalue weighted by Crippen LogP contribution is 2.28. The van der Waals surface area contributed by atoms with Gasteiger partial charge in [-0.3, -0.25) is 0 Å². The maximum absolute atomic E-state index is 13.6. The minimum Gasteiger partial charge on any atom is -0.496 e. The molecule has 0 radical (unpaired) electrons. The highest BCUT2D eigenvalue weighted by molar-refractivity contribution is 7.98. The van der Waals surface area contributed by atoms with Gasteiger partial charge in [-0.05, 0) is 30.0 Å². The molecule has 0 amide bonds. The summed E-state index contributed by atoms with van der Waals surface area (Å²) in [7, 11) is 1.65. The Bertz CT molecular complexity index is 621. The van der Waals surface area contributed by atoms with Crippen LogP contribution in [0.15, 0.2) is 47.4 Å². The first-order chi connectivity index (χ1) is 10.7. The number of hydrogen-bond donors (Lipinski definition) is 2. The predicted molar refractivity (Wildman–Crippen MR) is 87.8 cm³/mol. The van der Waals surface area contributed by atoms with Crippen LogP contribution in [0, 0.1) is 5.82 Å². The van der Waals surface area contributed by atoms with E-state index in [4.69, 9.17) is 4.74 Å². The molecule has 2 rings (SSSR count). The van der Waals surface area contributed by atoms with Gasteiger partial charge in [0.15, 0.2) is 0 Å². The molecule has 2 N–H and O–H groups in total. The van der Waals surface area contributed by atoms with Crippen LogP contribution < -0.4 is 10.1 Å². The minimum absolute atomic E-state index is 0.285. The van der Waals surface area contributed by atoms with Crippen LogP contribution in [0.1, 0.15) is 17.2 Å². The average molecular weight is 321 g/mol. The van der Waals surface area contributed by atoms with E-state index in [0.29, 0.717) is 12.1 Å². The molecule has 0 saturated carbocycles. The molecule has 0 saturated heterocycles. The molecule has 118 valence electrons. The van der Waals surface area contributed by atoms with Crippen molar-refractivity contribution in [1.29, 1.82) is 0 Å². The van der Waals surface area contributed by atoms with E-state index in [2.05, 4.69) is 5.32 Å². The first-order valence-electron chi connectivity index (χ1n) is 6.99. The molecule has 0 fully saturated rings. The van der Waals surface area contributed by atoms with Gasteiger partial charge in [0.05, 0.1) is 13.2 Å². The van der Waals surface area contributed by atoms with E-state index >= 15 is 0 Å². The smallest absolute Gasteiger partial charge is 0.132 e. The van der Waals surface area contributed by atoms with Gasteiger partial charge in [-0.25, -0.2) is 4.39 Å². The number of aliphatic hydroxyl groups is 1. The van der Waals surface area contributed by atoms with Gasteiger partial charge in [0, 0.05) is 23.5 Å². The Morgan fingerprint density at radius 3 is 2.73 bits per heavy atom. The van der Waals surface area contributed by atoms with Crippen molar-refractivity contribution in [2.45, 2.75) is 17.5 Å². The van der Waals surface area contributed by atoms with Crippen LogP contribution in [-0.2, 0) is 6.54 Å². The number of methoxy groups -OCH3 is 1. The third-order valence-electron chi connectivity index (χ3n) is 3.38.